The van der Waals surface area contributed by atoms with Crippen LogP contribution in [0.1, 0.15) is 18.7 Å². The summed E-state index contributed by atoms with van der Waals surface area (Å²) in [6, 6.07) is 14.2. The van der Waals surface area contributed by atoms with Crippen LogP contribution in [0.3, 0.4) is 0 Å². The smallest absolute Gasteiger partial charge is 0.261 e. The number of ether oxygens (including phenoxy) is 1. The molecule has 0 N–H and O–H groups in total. The molecule has 0 saturated heterocycles. The van der Waals surface area contributed by atoms with Gasteiger partial charge in [-0.25, -0.2) is 0 Å². The summed E-state index contributed by atoms with van der Waals surface area (Å²) in [7, 11) is 0. The molecule has 1 heterocycles. The van der Waals surface area contributed by atoms with E-state index in [4.69, 9.17) is 32.4 Å². The molecule has 0 bridgehead atoms. The largest absolute Gasteiger partial charge is 0.484 e. The summed E-state index contributed by atoms with van der Waals surface area (Å²) in [5.41, 5.74) is 0.776. The first kappa shape index (κ1) is 18.8. The summed E-state index contributed by atoms with van der Waals surface area (Å²) in [4.78, 5) is 14.4. The second-order valence-corrected chi connectivity index (χ2v) is 7.38. The SMILES string of the molecule is O=C(COc1ccc(Cl)cc1)N(Cc1nnc(-c2ccc(Cl)cc2)o1)C1CC1. The van der Waals surface area contributed by atoms with Gasteiger partial charge in [0.05, 0.1) is 6.54 Å². The van der Waals surface area contributed by atoms with Crippen molar-refractivity contribution < 1.29 is 13.9 Å². The zero-order chi connectivity index (χ0) is 19.5. The molecule has 3 aromatic rings. The summed E-state index contributed by atoms with van der Waals surface area (Å²) < 4.78 is 11.3. The lowest BCUT2D eigenvalue weighted by Gasteiger charge is -2.20. The number of amides is 1. The first-order valence-corrected chi connectivity index (χ1v) is 9.60. The zero-order valence-corrected chi connectivity index (χ0v) is 16.4. The first-order valence-electron chi connectivity index (χ1n) is 8.84. The van der Waals surface area contributed by atoms with Crippen molar-refractivity contribution in [2.75, 3.05) is 6.61 Å². The average molecular weight is 418 g/mol. The van der Waals surface area contributed by atoms with Gasteiger partial charge in [0.25, 0.3) is 5.91 Å². The molecule has 8 heteroatoms. The van der Waals surface area contributed by atoms with Crippen LogP contribution in [0.5, 0.6) is 5.75 Å². The standard InChI is InChI=1S/C20H17Cl2N3O3/c21-14-3-1-13(2-4-14)20-24-23-18(28-20)11-25(16-7-8-16)19(26)12-27-17-9-5-15(22)6-10-17/h1-6,9-10,16H,7-8,11-12H2. The highest BCUT2D eigenvalue weighted by Crippen LogP contribution is 2.29. The third-order valence-corrected chi connectivity index (χ3v) is 4.85. The van der Waals surface area contributed by atoms with Gasteiger partial charge in [-0.2, -0.15) is 0 Å². The van der Waals surface area contributed by atoms with E-state index in [0.717, 1.165) is 18.4 Å². The number of nitrogens with zero attached hydrogens (tertiary/aromatic N) is 3. The van der Waals surface area contributed by atoms with Gasteiger partial charge in [-0.15, -0.1) is 10.2 Å². The number of rotatable bonds is 7. The van der Waals surface area contributed by atoms with Gasteiger partial charge in [0.2, 0.25) is 11.8 Å². The van der Waals surface area contributed by atoms with Crippen molar-refractivity contribution >= 4 is 29.1 Å². The number of carbonyl (C=O) groups excluding carboxylic acids is 1. The van der Waals surface area contributed by atoms with Gasteiger partial charge >= 0.3 is 0 Å². The molecule has 2 aromatic carbocycles. The van der Waals surface area contributed by atoms with Crippen LogP contribution in [0.4, 0.5) is 0 Å². The fourth-order valence-electron chi connectivity index (χ4n) is 2.74. The summed E-state index contributed by atoms with van der Waals surface area (Å²) in [6.45, 7) is 0.199. The number of aromatic nitrogens is 2. The molecule has 28 heavy (non-hydrogen) atoms. The molecule has 144 valence electrons. The molecule has 1 saturated carbocycles. The van der Waals surface area contributed by atoms with E-state index in [1.165, 1.54) is 0 Å². The van der Waals surface area contributed by atoms with Crippen molar-refractivity contribution in [3.8, 4) is 17.2 Å². The van der Waals surface area contributed by atoms with Crippen LogP contribution in [0, 0.1) is 0 Å². The summed E-state index contributed by atoms with van der Waals surface area (Å²) in [6.07, 6.45) is 1.93. The van der Waals surface area contributed by atoms with E-state index >= 15 is 0 Å². The third kappa shape index (κ3) is 4.64. The minimum atomic E-state index is -0.122. The highest BCUT2D eigenvalue weighted by Gasteiger charge is 2.34. The van der Waals surface area contributed by atoms with Gasteiger partial charge in [0.15, 0.2) is 6.61 Å². The van der Waals surface area contributed by atoms with E-state index in [0.29, 0.717) is 27.6 Å². The second-order valence-electron chi connectivity index (χ2n) is 6.50. The van der Waals surface area contributed by atoms with Gasteiger partial charge in [0, 0.05) is 21.7 Å². The predicted molar refractivity (Wildman–Crippen MR) is 105 cm³/mol. The van der Waals surface area contributed by atoms with Crippen molar-refractivity contribution in [1.82, 2.24) is 15.1 Å². The van der Waals surface area contributed by atoms with Crippen LogP contribution in [0.25, 0.3) is 11.5 Å². The minimum Gasteiger partial charge on any atom is -0.484 e. The van der Waals surface area contributed by atoms with Crippen molar-refractivity contribution in [3.63, 3.8) is 0 Å². The number of benzene rings is 2. The third-order valence-electron chi connectivity index (χ3n) is 4.35. The monoisotopic (exact) mass is 417 g/mol. The van der Waals surface area contributed by atoms with Crippen LogP contribution < -0.4 is 4.74 Å². The maximum atomic E-state index is 12.7. The Morgan fingerprint density at radius 3 is 2.32 bits per heavy atom. The Morgan fingerprint density at radius 2 is 1.68 bits per heavy atom. The van der Waals surface area contributed by atoms with Gasteiger partial charge in [0.1, 0.15) is 5.75 Å². The van der Waals surface area contributed by atoms with Crippen molar-refractivity contribution in [2.45, 2.75) is 25.4 Å². The number of hydrogen-bond acceptors (Lipinski definition) is 5. The molecule has 1 aromatic heterocycles. The van der Waals surface area contributed by atoms with Crippen LogP contribution >= 0.6 is 23.2 Å². The average Bonchev–Trinajstić information content (AvgIpc) is 3.44. The molecule has 1 aliphatic carbocycles. The molecule has 0 spiro atoms. The maximum absolute atomic E-state index is 12.7. The van der Waals surface area contributed by atoms with Crippen molar-refractivity contribution in [2.24, 2.45) is 0 Å². The predicted octanol–water partition coefficient (Wildman–Crippen LogP) is 4.61. The highest BCUT2D eigenvalue weighted by atomic mass is 35.5. The van der Waals surface area contributed by atoms with E-state index in [-0.39, 0.29) is 25.1 Å². The first-order chi connectivity index (χ1) is 13.6. The van der Waals surface area contributed by atoms with E-state index in [1.807, 2.05) is 12.1 Å². The summed E-state index contributed by atoms with van der Waals surface area (Å²) in [5.74, 6) is 1.25. The van der Waals surface area contributed by atoms with Gasteiger partial charge in [-0.1, -0.05) is 23.2 Å². The fourth-order valence-corrected chi connectivity index (χ4v) is 2.99. The number of halogens is 2. The lowest BCUT2D eigenvalue weighted by molar-refractivity contribution is -0.134. The molecule has 4 rings (SSSR count). The molecule has 0 atom stereocenters. The molecular weight excluding hydrogens is 401 g/mol. The highest BCUT2D eigenvalue weighted by molar-refractivity contribution is 6.30. The number of hydrogen-bond donors (Lipinski definition) is 0. The second kappa shape index (κ2) is 8.20. The Morgan fingerprint density at radius 1 is 1.04 bits per heavy atom. The topological polar surface area (TPSA) is 68.5 Å². The lowest BCUT2D eigenvalue weighted by Crippen LogP contribution is -2.36. The Hall–Kier alpha value is -2.57. The molecule has 1 fully saturated rings. The van der Waals surface area contributed by atoms with E-state index in [2.05, 4.69) is 10.2 Å². The quantitative estimate of drug-likeness (QED) is 0.561. The van der Waals surface area contributed by atoms with E-state index in [9.17, 15) is 4.79 Å². The summed E-state index contributed by atoms with van der Waals surface area (Å²) >= 11 is 11.8. The molecule has 6 nitrogen and oxygen atoms in total. The van der Waals surface area contributed by atoms with Gasteiger partial charge < -0.3 is 14.1 Å². The van der Waals surface area contributed by atoms with Crippen LogP contribution in [-0.2, 0) is 11.3 Å². The Kier molecular flexibility index (Phi) is 5.50. The number of carbonyl (C=O) groups is 1. The molecule has 0 aliphatic heterocycles. The van der Waals surface area contributed by atoms with E-state index < -0.39 is 0 Å². The molecule has 0 radical (unpaired) electrons. The van der Waals surface area contributed by atoms with Gasteiger partial charge in [-0.3, -0.25) is 4.79 Å². The molecular formula is C20H17Cl2N3O3. The zero-order valence-electron chi connectivity index (χ0n) is 14.8. The van der Waals surface area contributed by atoms with Crippen molar-refractivity contribution in [3.05, 3.63) is 64.5 Å². The normalized spacial score (nSPS) is 13.4. The van der Waals surface area contributed by atoms with Crippen molar-refractivity contribution in [1.29, 1.82) is 0 Å². The molecule has 1 aliphatic rings. The Bertz CT molecular complexity index is 954. The van der Waals surface area contributed by atoms with E-state index in [1.54, 1.807) is 41.3 Å². The van der Waals surface area contributed by atoms with Crippen LogP contribution in [0.2, 0.25) is 10.0 Å². The Labute approximate surface area is 172 Å². The van der Waals surface area contributed by atoms with Crippen LogP contribution in [0.15, 0.2) is 52.9 Å². The minimum absolute atomic E-state index is 0.0592. The molecule has 0 unspecified atom stereocenters. The van der Waals surface area contributed by atoms with Gasteiger partial charge in [-0.05, 0) is 61.4 Å². The summed E-state index contributed by atoms with van der Waals surface area (Å²) in [5, 5.41) is 9.40. The molecule has 1 amide bonds. The lowest BCUT2D eigenvalue weighted by atomic mass is 10.2. The maximum Gasteiger partial charge on any atom is 0.261 e. The fraction of sp³-hybridized carbons (Fsp3) is 0.250. The van der Waals surface area contributed by atoms with Crippen LogP contribution in [-0.4, -0.2) is 33.7 Å². The Balaban J connectivity index is 1.40.